The quantitative estimate of drug-likeness (QED) is 0.594. The van der Waals surface area contributed by atoms with E-state index in [9.17, 15) is 0 Å². The van der Waals surface area contributed by atoms with Crippen LogP contribution in [0.4, 0.5) is 5.69 Å². The molecule has 0 radical (unpaired) electrons. The molecule has 1 aliphatic rings. The Labute approximate surface area is 90.2 Å². The van der Waals surface area contributed by atoms with Crippen LogP contribution < -0.4 is 10.5 Å². The SMILES string of the molecule is Nc1ccccc1OCCOC1CCC1. The second kappa shape index (κ2) is 5.03. The molecular weight excluding hydrogens is 190 g/mol. The molecule has 2 rings (SSSR count). The van der Waals surface area contributed by atoms with Crippen molar-refractivity contribution in [1.82, 2.24) is 0 Å². The Morgan fingerprint density at radius 1 is 1.20 bits per heavy atom. The van der Waals surface area contributed by atoms with Crippen molar-refractivity contribution in [1.29, 1.82) is 0 Å². The van der Waals surface area contributed by atoms with Gasteiger partial charge in [-0.3, -0.25) is 0 Å². The minimum absolute atomic E-state index is 0.474. The van der Waals surface area contributed by atoms with E-state index in [4.69, 9.17) is 15.2 Å². The maximum absolute atomic E-state index is 5.73. The van der Waals surface area contributed by atoms with Gasteiger partial charge in [-0.15, -0.1) is 0 Å². The van der Waals surface area contributed by atoms with Crippen LogP contribution in [0.15, 0.2) is 24.3 Å². The molecule has 3 heteroatoms. The summed E-state index contributed by atoms with van der Waals surface area (Å²) in [6.45, 7) is 1.23. The highest BCUT2D eigenvalue weighted by atomic mass is 16.5. The average molecular weight is 207 g/mol. The van der Waals surface area contributed by atoms with Crippen LogP contribution in [0.1, 0.15) is 19.3 Å². The number of nitrogen functional groups attached to an aromatic ring is 1. The summed E-state index contributed by atoms with van der Waals surface area (Å²) in [7, 11) is 0. The van der Waals surface area contributed by atoms with Crippen molar-refractivity contribution in [2.24, 2.45) is 0 Å². The molecule has 1 fully saturated rings. The highest BCUT2D eigenvalue weighted by Crippen LogP contribution is 2.22. The molecule has 0 saturated heterocycles. The number of anilines is 1. The van der Waals surface area contributed by atoms with Gasteiger partial charge in [-0.25, -0.2) is 0 Å². The Morgan fingerprint density at radius 2 is 2.00 bits per heavy atom. The summed E-state index contributed by atoms with van der Waals surface area (Å²) in [6, 6.07) is 7.52. The predicted octanol–water partition coefficient (Wildman–Crippen LogP) is 2.22. The van der Waals surface area contributed by atoms with Gasteiger partial charge in [-0.05, 0) is 31.4 Å². The summed E-state index contributed by atoms with van der Waals surface area (Å²) in [5.74, 6) is 0.745. The van der Waals surface area contributed by atoms with Crippen molar-refractivity contribution in [3.05, 3.63) is 24.3 Å². The summed E-state index contributed by atoms with van der Waals surface area (Å²) < 4.78 is 11.1. The molecule has 0 heterocycles. The number of para-hydroxylation sites is 2. The van der Waals surface area contributed by atoms with Crippen LogP contribution in [0, 0.1) is 0 Å². The molecule has 0 aromatic heterocycles. The standard InChI is InChI=1S/C12H17NO2/c13-11-6-1-2-7-12(11)15-9-8-14-10-4-3-5-10/h1-2,6-7,10H,3-5,8-9,13H2. The first-order valence-electron chi connectivity index (χ1n) is 5.45. The molecule has 0 aliphatic heterocycles. The van der Waals surface area contributed by atoms with Crippen molar-refractivity contribution >= 4 is 5.69 Å². The van der Waals surface area contributed by atoms with Crippen LogP contribution in [-0.4, -0.2) is 19.3 Å². The predicted molar refractivity (Wildman–Crippen MR) is 59.9 cm³/mol. The topological polar surface area (TPSA) is 44.5 Å². The highest BCUT2D eigenvalue weighted by molar-refractivity contribution is 5.51. The largest absolute Gasteiger partial charge is 0.489 e. The number of rotatable bonds is 5. The fraction of sp³-hybridized carbons (Fsp3) is 0.500. The normalized spacial score (nSPS) is 16.0. The number of nitrogens with two attached hydrogens (primary N) is 1. The van der Waals surface area contributed by atoms with Gasteiger partial charge < -0.3 is 15.2 Å². The van der Waals surface area contributed by atoms with Gasteiger partial charge >= 0.3 is 0 Å². The number of ether oxygens (including phenoxy) is 2. The van der Waals surface area contributed by atoms with E-state index in [-0.39, 0.29) is 0 Å². The molecule has 0 amide bonds. The van der Waals surface area contributed by atoms with Gasteiger partial charge in [-0.2, -0.15) is 0 Å². The first-order chi connectivity index (χ1) is 7.36. The summed E-state index contributed by atoms with van der Waals surface area (Å²) in [4.78, 5) is 0. The third-order valence-corrected chi connectivity index (χ3v) is 2.67. The lowest BCUT2D eigenvalue weighted by molar-refractivity contribution is -0.0103. The van der Waals surface area contributed by atoms with Gasteiger partial charge in [0.1, 0.15) is 12.4 Å². The third kappa shape index (κ3) is 2.86. The zero-order chi connectivity index (χ0) is 10.5. The van der Waals surface area contributed by atoms with Crippen molar-refractivity contribution in [2.75, 3.05) is 18.9 Å². The summed E-state index contributed by atoms with van der Waals surface area (Å²) >= 11 is 0. The molecular formula is C12H17NO2. The van der Waals surface area contributed by atoms with Crippen LogP contribution in [0.3, 0.4) is 0 Å². The lowest BCUT2D eigenvalue weighted by atomic mass is 9.96. The van der Waals surface area contributed by atoms with Crippen molar-refractivity contribution < 1.29 is 9.47 Å². The third-order valence-electron chi connectivity index (χ3n) is 2.67. The van der Waals surface area contributed by atoms with E-state index in [2.05, 4.69) is 0 Å². The lowest BCUT2D eigenvalue weighted by Gasteiger charge is -2.25. The van der Waals surface area contributed by atoms with Gasteiger partial charge in [0.15, 0.2) is 0 Å². The Hall–Kier alpha value is -1.22. The van der Waals surface area contributed by atoms with Gasteiger partial charge in [-0.1, -0.05) is 12.1 Å². The fourth-order valence-corrected chi connectivity index (χ4v) is 1.52. The maximum atomic E-state index is 5.73. The smallest absolute Gasteiger partial charge is 0.142 e. The van der Waals surface area contributed by atoms with Gasteiger partial charge in [0.25, 0.3) is 0 Å². The van der Waals surface area contributed by atoms with E-state index in [1.165, 1.54) is 19.3 Å². The maximum Gasteiger partial charge on any atom is 0.142 e. The highest BCUT2D eigenvalue weighted by Gasteiger charge is 2.17. The van der Waals surface area contributed by atoms with E-state index >= 15 is 0 Å². The van der Waals surface area contributed by atoms with Crippen LogP contribution in [0.25, 0.3) is 0 Å². The Balaban J connectivity index is 1.66. The number of hydrogen-bond acceptors (Lipinski definition) is 3. The first-order valence-corrected chi connectivity index (χ1v) is 5.45. The van der Waals surface area contributed by atoms with Crippen LogP contribution in [-0.2, 0) is 4.74 Å². The van der Waals surface area contributed by atoms with Gasteiger partial charge in [0.05, 0.1) is 18.4 Å². The zero-order valence-corrected chi connectivity index (χ0v) is 8.82. The summed E-state index contributed by atoms with van der Waals surface area (Å²) in [6.07, 6.45) is 4.18. The van der Waals surface area contributed by atoms with Crippen molar-refractivity contribution in [2.45, 2.75) is 25.4 Å². The van der Waals surface area contributed by atoms with Crippen LogP contribution in [0.2, 0.25) is 0 Å². The molecule has 0 spiro atoms. The molecule has 15 heavy (non-hydrogen) atoms. The van der Waals surface area contributed by atoms with E-state index < -0.39 is 0 Å². The lowest BCUT2D eigenvalue weighted by Crippen LogP contribution is -2.23. The Kier molecular flexibility index (Phi) is 3.45. The minimum atomic E-state index is 0.474. The molecule has 1 aliphatic carbocycles. The Bertz CT molecular complexity index is 310. The molecule has 1 aromatic carbocycles. The van der Waals surface area contributed by atoms with E-state index in [1.54, 1.807) is 0 Å². The molecule has 3 nitrogen and oxygen atoms in total. The summed E-state index contributed by atoms with van der Waals surface area (Å²) in [5, 5.41) is 0. The fourth-order valence-electron chi connectivity index (χ4n) is 1.52. The zero-order valence-electron chi connectivity index (χ0n) is 8.82. The van der Waals surface area contributed by atoms with E-state index in [0.29, 0.717) is 25.0 Å². The molecule has 2 N–H and O–H groups in total. The van der Waals surface area contributed by atoms with Crippen LogP contribution in [0.5, 0.6) is 5.75 Å². The minimum Gasteiger partial charge on any atom is -0.489 e. The average Bonchev–Trinajstić information content (AvgIpc) is 2.17. The van der Waals surface area contributed by atoms with Gasteiger partial charge in [0.2, 0.25) is 0 Å². The molecule has 0 atom stereocenters. The number of hydrogen-bond donors (Lipinski definition) is 1. The van der Waals surface area contributed by atoms with Crippen molar-refractivity contribution in [3.63, 3.8) is 0 Å². The first kappa shape index (κ1) is 10.3. The van der Waals surface area contributed by atoms with E-state index in [0.717, 1.165) is 5.75 Å². The van der Waals surface area contributed by atoms with Crippen molar-refractivity contribution in [3.8, 4) is 5.75 Å². The molecule has 1 aromatic rings. The second-order valence-corrected chi connectivity index (χ2v) is 3.81. The molecule has 0 unspecified atom stereocenters. The summed E-state index contributed by atoms with van der Waals surface area (Å²) in [5.41, 5.74) is 6.42. The number of benzene rings is 1. The Morgan fingerprint density at radius 3 is 2.67 bits per heavy atom. The second-order valence-electron chi connectivity index (χ2n) is 3.81. The molecule has 1 saturated carbocycles. The monoisotopic (exact) mass is 207 g/mol. The van der Waals surface area contributed by atoms with E-state index in [1.807, 2.05) is 24.3 Å². The van der Waals surface area contributed by atoms with Gasteiger partial charge in [0, 0.05) is 0 Å². The molecule has 82 valence electrons. The van der Waals surface area contributed by atoms with Crippen LogP contribution >= 0.6 is 0 Å². The molecule has 0 bridgehead atoms.